The summed E-state index contributed by atoms with van der Waals surface area (Å²) in [4.78, 5) is 14.0. The molecule has 2 atom stereocenters. The van der Waals surface area contributed by atoms with E-state index in [1.807, 2.05) is 6.92 Å². The van der Waals surface area contributed by atoms with E-state index in [0.717, 1.165) is 6.42 Å². The maximum atomic E-state index is 12.4. The molecule has 0 bridgehead atoms. The standard InChI is InChI=1S/C14H17N3O2/c1-10-6-7-17(14(19)12(9-18)16-10)13-5-3-2-4-11(13)8-15/h2-5,10,12,16,18H,6-7,9H2,1H3. The van der Waals surface area contributed by atoms with Crippen LogP contribution in [0.5, 0.6) is 0 Å². The lowest BCUT2D eigenvalue weighted by molar-refractivity contribution is -0.121. The van der Waals surface area contributed by atoms with Gasteiger partial charge in [0.15, 0.2) is 0 Å². The molecule has 1 aliphatic rings. The van der Waals surface area contributed by atoms with Gasteiger partial charge in [-0.15, -0.1) is 0 Å². The number of aliphatic hydroxyl groups excluding tert-OH is 1. The Morgan fingerprint density at radius 3 is 2.95 bits per heavy atom. The summed E-state index contributed by atoms with van der Waals surface area (Å²) in [5.74, 6) is -0.186. The zero-order valence-electron chi connectivity index (χ0n) is 10.8. The molecule has 1 aromatic carbocycles. The van der Waals surface area contributed by atoms with E-state index >= 15 is 0 Å². The van der Waals surface area contributed by atoms with Crippen LogP contribution in [0.3, 0.4) is 0 Å². The monoisotopic (exact) mass is 259 g/mol. The minimum Gasteiger partial charge on any atom is -0.394 e. The smallest absolute Gasteiger partial charge is 0.246 e. The number of amides is 1. The first-order valence-corrected chi connectivity index (χ1v) is 6.34. The molecule has 0 radical (unpaired) electrons. The van der Waals surface area contributed by atoms with Gasteiger partial charge in [0.05, 0.1) is 17.9 Å². The molecular formula is C14H17N3O2. The van der Waals surface area contributed by atoms with Crippen molar-refractivity contribution >= 4 is 11.6 Å². The van der Waals surface area contributed by atoms with E-state index in [-0.39, 0.29) is 18.6 Å². The number of anilines is 1. The number of para-hydroxylation sites is 1. The Labute approximate surface area is 112 Å². The number of hydrogen-bond donors (Lipinski definition) is 2. The van der Waals surface area contributed by atoms with Crippen LogP contribution in [0.2, 0.25) is 0 Å². The molecule has 100 valence electrons. The van der Waals surface area contributed by atoms with Crippen molar-refractivity contribution < 1.29 is 9.90 Å². The first kappa shape index (κ1) is 13.5. The summed E-state index contributed by atoms with van der Waals surface area (Å²) in [6.07, 6.45) is 0.780. The van der Waals surface area contributed by atoms with Gasteiger partial charge in [-0.2, -0.15) is 5.26 Å². The average Bonchev–Trinajstić information content (AvgIpc) is 2.58. The number of aliphatic hydroxyl groups is 1. The highest BCUT2D eigenvalue weighted by Crippen LogP contribution is 2.22. The van der Waals surface area contributed by atoms with E-state index in [0.29, 0.717) is 17.8 Å². The number of nitrogens with zero attached hydrogens (tertiary/aromatic N) is 2. The molecule has 1 aromatic rings. The van der Waals surface area contributed by atoms with Crippen molar-refractivity contribution in [2.75, 3.05) is 18.1 Å². The molecule has 5 nitrogen and oxygen atoms in total. The van der Waals surface area contributed by atoms with Gasteiger partial charge in [0.2, 0.25) is 5.91 Å². The zero-order valence-corrected chi connectivity index (χ0v) is 10.8. The first-order valence-electron chi connectivity index (χ1n) is 6.34. The quantitative estimate of drug-likeness (QED) is 0.817. The Bertz CT molecular complexity index is 510. The van der Waals surface area contributed by atoms with Crippen LogP contribution in [0.25, 0.3) is 0 Å². The van der Waals surface area contributed by atoms with Crippen LogP contribution in [-0.4, -0.2) is 36.2 Å². The first-order chi connectivity index (χ1) is 9.17. The van der Waals surface area contributed by atoms with Crippen molar-refractivity contribution in [3.8, 4) is 6.07 Å². The number of benzene rings is 1. The number of nitriles is 1. The van der Waals surface area contributed by atoms with Crippen molar-refractivity contribution in [3.63, 3.8) is 0 Å². The van der Waals surface area contributed by atoms with E-state index in [2.05, 4.69) is 11.4 Å². The van der Waals surface area contributed by atoms with Crippen LogP contribution in [-0.2, 0) is 4.79 Å². The summed E-state index contributed by atoms with van der Waals surface area (Å²) in [5.41, 5.74) is 1.09. The van der Waals surface area contributed by atoms with Crippen molar-refractivity contribution in [2.45, 2.75) is 25.4 Å². The number of hydrogen-bond acceptors (Lipinski definition) is 4. The van der Waals surface area contributed by atoms with Crippen LogP contribution < -0.4 is 10.2 Å². The number of nitrogens with one attached hydrogen (secondary N) is 1. The molecule has 0 aromatic heterocycles. The van der Waals surface area contributed by atoms with Crippen LogP contribution in [0.4, 0.5) is 5.69 Å². The molecule has 2 N–H and O–H groups in total. The summed E-state index contributed by atoms with van der Waals surface area (Å²) in [7, 11) is 0. The van der Waals surface area contributed by atoms with Gasteiger partial charge in [-0.3, -0.25) is 4.79 Å². The van der Waals surface area contributed by atoms with Crippen molar-refractivity contribution in [2.24, 2.45) is 0 Å². The Kier molecular flexibility index (Phi) is 4.15. The van der Waals surface area contributed by atoms with Crippen LogP contribution >= 0.6 is 0 Å². The topological polar surface area (TPSA) is 76.4 Å². The fraction of sp³-hybridized carbons (Fsp3) is 0.429. The zero-order chi connectivity index (χ0) is 13.8. The minimum atomic E-state index is -0.607. The lowest BCUT2D eigenvalue weighted by Crippen LogP contribution is -2.47. The van der Waals surface area contributed by atoms with Gasteiger partial charge >= 0.3 is 0 Å². The second kappa shape index (κ2) is 5.83. The summed E-state index contributed by atoms with van der Waals surface area (Å²) < 4.78 is 0. The molecule has 1 heterocycles. The Morgan fingerprint density at radius 1 is 1.53 bits per heavy atom. The van der Waals surface area contributed by atoms with Gasteiger partial charge < -0.3 is 15.3 Å². The Hall–Kier alpha value is -1.90. The maximum Gasteiger partial charge on any atom is 0.246 e. The van der Waals surface area contributed by atoms with E-state index in [1.54, 1.807) is 29.2 Å². The summed E-state index contributed by atoms with van der Waals surface area (Å²) in [5, 5.41) is 21.5. The van der Waals surface area contributed by atoms with Gasteiger partial charge in [-0.25, -0.2) is 0 Å². The van der Waals surface area contributed by atoms with E-state index in [9.17, 15) is 9.90 Å². The SMILES string of the molecule is CC1CCN(c2ccccc2C#N)C(=O)C(CO)N1. The normalized spacial score (nSPS) is 23.8. The minimum absolute atomic E-state index is 0.153. The molecule has 0 aliphatic carbocycles. The molecule has 0 saturated carbocycles. The number of rotatable bonds is 2. The average molecular weight is 259 g/mol. The molecule has 0 spiro atoms. The van der Waals surface area contributed by atoms with E-state index in [1.165, 1.54) is 0 Å². The fourth-order valence-electron chi connectivity index (χ4n) is 2.29. The van der Waals surface area contributed by atoms with E-state index < -0.39 is 6.04 Å². The fourth-order valence-corrected chi connectivity index (χ4v) is 2.29. The van der Waals surface area contributed by atoms with Gasteiger partial charge in [-0.1, -0.05) is 12.1 Å². The molecule has 1 amide bonds. The molecular weight excluding hydrogens is 242 g/mol. The molecule has 2 unspecified atom stereocenters. The highest BCUT2D eigenvalue weighted by Gasteiger charge is 2.30. The van der Waals surface area contributed by atoms with E-state index in [4.69, 9.17) is 5.26 Å². The predicted octanol–water partition coefficient (Wildman–Crippen LogP) is 0.634. The maximum absolute atomic E-state index is 12.4. The highest BCUT2D eigenvalue weighted by molar-refractivity contribution is 5.98. The van der Waals surface area contributed by atoms with Crippen molar-refractivity contribution in [1.82, 2.24) is 5.32 Å². The molecule has 19 heavy (non-hydrogen) atoms. The summed E-state index contributed by atoms with van der Waals surface area (Å²) in [6.45, 7) is 2.28. The van der Waals surface area contributed by atoms with Gasteiger partial charge in [-0.05, 0) is 25.5 Å². The van der Waals surface area contributed by atoms with Crippen LogP contribution in [0.15, 0.2) is 24.3 Å². The second-order valence-electron chi connectivity index (χ2n) is 4.71. The molecule has 1 saturated heterocycles. The van der Waals surface area contributed by atoms with Gasteiger partial charge in [0.1, 0.15) is 12.1 Å². The highest BCUT2D eigenvalue weighted by atomic mass is 16.3. The molecule has 2 rings (SSSR count). The third-order valence-corrected chi connectivity index (χ3v) is 3.33. The van der Waals surface area contributed by atoms with Gasteiger partial charge in [0.25, 0.3) is 0 Å². The van der Waals surface area contributed by atoms with Crippen LogP contribution in [0, 0.1) is 11.3 Å². The molecule has 1 aliphatic heterocycles. The third-order valence-electron chi connectivity index (χ3n) is 3.33. The Morgan fingerprint density at radius 2 is 2.26 bits per heavy atom. The lowest BCUT2D eigenvalue weighted by Gasteiger charge is -2.24. The number of carbonyl (C=O) groups is 1. The number of carbonyl (C=O) groups excluding carboxylic acids is 1. The largest absolute Gasteiger partial charge is 0.394 e. The van der Waals surface area contributed by atoms with Gasteiger partial charge in [0, 0.05) is 12.6 Å². The second-order valence-corrected chi connectivity index (χ2v) is 4.71. The van der Waals surface area contributed by atoms with Crippen molar-refractivity contribution in [3.05, 3.63) is 29.8 Å². The van der Waals surface area contributed by atoms with Crippen molar-refractivity contribution in [1.29, 1.82) is 5.26 Å². The lowest BCUT2D eigenvalue weighted by atomic mass is 10.1. The summed E-state index contributed by atoms with van der Waals surface area (Å²) >= 11 is 0. The van der Waals surface area contributed by atoms with Crippen LogP contribution in [0.1, 0.15) is 18.9 Å². The predicted molar refractivity (Wildman–Crippen MR) is 71.6 cm³/mol. The Balaban J connectivity index is 2.37. The summed E-state index contributed by atoms with van der Waals surface area (Å²) in [6, 6.07) is 8.68. The molecule has 1 fully saturated rings. The third kappa shape index (κ3) is 2.75. The molecule has 5 heteroatoms.